The lowest BCUT2D eigenvalue weighted by Gasteiger charge is -2.19. The summed E-state index contributed by atoms with van der Waals surface area (Å²) in [5.74, 6) is 0.862. The van der Waals surface area contributed by atoms with Crippen molar-refractivity contribution in [1.82, 2.24) is 15.2 Å². The molecule has 1 aromatic heterocycles. The van der Waals surface area contributed by atoms with Gasteiger partial charge in [-0.15, -0.1) is 0 Å². The van der Waals surface area contributed by atoms with Gasteiger partial charge in [0.25, 0.3) is 0 Å². The Morgan fingerprint density at radius 1 is 1.53 bits per heavy atom. The van der Waals surface area contributed by atoms with Crippen molar-refractivity contribution in [1.29, 1.82) is 0 Å². The number of likely N-dealkylation sites (N-methyl/N-ethyl adjacent to an activating group) is 1. The third-order valence-corrected chi connectivity index (χ3v) is 3.18. The van der Waals surface area contributed by atoms with Crippen LogP contribution in [-0.4, -0.2) is 43.1 Å². The first-order chi connectivity index (χ1) is 7.34. The Morgan fingerprint density at radius 3 is 3.13 bits per heavy atom. The standard InChI is InChI=1S/C12H21N3/c1-15(10-12-3-6-14-9-12)7-4-11-2-5-13-8-11/h2,5,8,12-14H,3-4,6-7,9-10H2,1H3. The third-order valence-electron chi connectivity index (χ3n) is 3.18. The van der Waals surface area contributed by atoms with Crippen LogP contribution in [0.15, 0.2) is 18.5 Å². The zero-order chi connectivity index (χ0) is 10.5. The lowest BCUT2D eigenvalue weighted by Crippen LogP contribution is -2.28. The van der Waals surface area contributed by atoms with Gasteiger partial charge in [-0.3, -0.25) is 0 Å². The summed E-state index contributed by atoms with van der Waals surface area (Å²) < 4.78 is 0. The molecule has 1 aliphatic heterocycles. The predicted octanol–water partition coefficient (Wildman–Crippen LogP) is 1.10. The molecule has 1 aromatic rings. The topological polar surface area (TPSA) is 31.1 Å². The molecule has 1 unspecified atom stereocenters. The van der Waals surface area contributed by atoms with Crippen molar-refractivity contribution in [3.8, 4) is 0 Å². The molecular formula is C12H21N3. The van der Waals surface area contributed by atoms with E-state index in [9.17, 15) is 0 Å². The van der Waals surface area contributed by atoms with Crippen molar-refractivity contribution in [3.63, 3.8) is 0 Å². The van der Waals surface area contributed by atoms with Crippen LogP contribution in [0.5, 0.6) is 0 Å². The van der Waals surface area contributed by atoms with E-state index < -0.39 is 0 Å². The fourth-order valence-electron chi connectivity index (χ4n) is 2.24. The van der Waals surface area contributed by atoms with Gasteiger partial charge in [-0.25, -0.2) is 0 Å². The van der Waals surface area contributed by atoms with Crippen molar-refractivity contribution >= 4 is 0 Å². The highest BCUT2D eigenvalue weighted by Crippen LogP contribution is 2.09. The van der Waals surface area contributed by atoms with Crippen LogP contribution in [-0.2, 0) is 6.42 Å². The van der Waals surface area contributed by atoms with E-state index in [1.165, 1.54) is 31.6 Å². The van der Waals surface area contributed by atoms with E-state index in [0.717, 1.165) is 18.9 Å². The van der Waals surface area contributed by atoms with Crippen molar-refractivity contribution < 1.29 is 0 Å². The number of H-pyrrole nitrogens is 1. The van der Waals surface area contributed by atoms with E-state index in [1.807, 2.05) is 6.20 Å². The zero-order valence-corrected chi connectivity index (χ0v) is 9.50. The molecule has 0 radical (unpaired) electrons. The van der Waals surface area contributed by atoms with Crippen LogP contribution in [0.2, 0.25) is 0 Å². The number of nitrogens with zero attached hydrogens (tertiary/aromatic N) is 1. The van der Waals surface area contributed by atoms with Gasteiger partial charge in [0.05, 0.1) is 0 Å². The molecule has 3 heteroatoms. The van der Waals surface area contributed by atoms with E-state index in [-0.39, 0.29) is 0 Å². The minimum Gasteiger partial charge on any atom is -0.367 e. The quantitative estimate of drug-likeness (QED) is 0.757. The Balaban J connectivity index is 1.66. The lowest BCUT2D eigenvalue weighted by atomic mass is 10.1. The SMILES string of the molecule is CN(CCc1cc[nH]c1)CC1CCNC1. The van der Waals surface area contributed by atoms with Crippen LogP contribution in [0.1, 0.15) is 12.0 Å². The second-order valence-corrected chi connectivity index (χ2v) is 4.59. The molecule has 3 nitrogen and oxygen atoms in total. The lowest BCUT2D eigenvalue weighted by molar-refractivity contribution is 0.289. The summed E-state index contributed by atoms with van der Waals surface area (Å²) in [6.07, 6.45) is 6.58. The maximum Gasteiger partial charge on any atom is 0.00378 e. The molecule has 0 amide bonds. The molecule has 2 rings (SSSR count). The Kier molecular flexibility index (Phi) is 3.80. The molecule has 0 aromatic carbocycles. The Hall–Kier alpha value is -0.800. The fourth-order valence-corrected chi connectivity index (χ4v) is 2.24. The van der Waals surface area contributed by atoms with Crippen molar-refractivity contribution in [2.24, 2.45) is 5.92 Å². The number of aromatic amines is 1. The van der Waals surface area contributed by atoms with Crippen LogP contribution in [0.25, 0.3) is 0 Å². The first-order valence-corrected chi connectivity index (χ1v) is 5.85. The number of rotatable bonds is 5. The molecule has 1 aliphatic rings. The van der Waals surface area contributed by atoms with Gasteiger partial charge in [0.1, 0.15) is 0 Å². The van der Waals surface area contributed by atoms with Crippen LogP contribution in [0.3, 0.4) is 0 Å². The average molecular weight is 207 g/mol. The molecule has 84 valence electrons. The molecule has 1 fully saturated rings. The van der Waals surface area contributed by atoms with Gasteiger partial charge in [-0.1, -0.05) is 0 Å². The zero-order valence-electron chi connectivity index (χ0n) is 9.50. The first kappa shape index (κ1) is 10.7. The molecule has 0 saturated carbocycles. The fraction of sp³-hybridized carbons (Fsp3) is 0.667. The number of hydrogen-bond donors (Lipinski definition) is 2. The summed E-state index contributed by atoms with van der Waals surface area (Å²) in [7, 11) is 2.23. The maximum atomic E-state index is 3.42. The van der Waals surface area contributed by atoms with E-state index in [4.69, 9.17) is 0 Å². The number of nitrogens with one attached hydrogen (secondary N) is 2. The summed E-state index contributed by atoms with van der Waals surface area (Å²) in [5.41, 5.74) is 1.41. The van der Waals surface area contributed by atoms with Crippen molar-refractivity contribution in [3.05, 3.63) is 24.0 Å². The van der Waals surface area contributed by atoms with Gasteiger partial charge in [0.15, 0.2) is 0 Å². The van der Waals surface area contributed by atoms with E-state index >= 15 is 0 Å². The highest BCUT2D eigenvalue weighted by Gasteiger charge is 2.15. The van der Waals surface area contributed by atoms with E-state index in [1.54, 1.807) is 0 Å². The number of aromatic nitrogens is 1. The van der Waals surface area contributed by atoms with Crippen LogP contribution in [0.4, 0.5) is 0 Å². The predicted molar refractivity (Wildman–Crippen MR) is 63.0 cm³/mol. The molecule has 2 heterocycles. The molecule has 0 bridgehead atoms. The second-order valence-electron chi connectivity index (χ2n) is 4.59. The smallest absolute Gasteiger partial charge is 0.00378 e. The number of hydrogen-bond acceptors (Lipinski definition) is 2. The maximum absolute atomic E-state index is 3.42. The van der Waals surface area contributed by atoms with Gasteiger partial charge in [-0.2, -0.15) is 0 Å². The van der Waals surface area contributed by atoms with Crippen LogP contribution in [0, 0.1) is 5.92 Å². The normalized spacial score (nSPS) is 21.3. The minimum absolute atomic E-state index is 0.862. The van der Waals surface area contributed by atoms with Crippen molar-refractivity contribution in [2.75, 3.05) is 33.2 Å². The minimum atomic E-state index is 0.862. The molecule has 1 atom stereocenters. The molecule has 2 N–H and O–H groups in total. The Labute approximate surface area is 91.9 Å². The van der Waals surface area contributed by atoms with Gasteiger partial charge in [0, 0.05) is 25.5 Å². The highest BCUT2D eigenvalue weighted by atomic mass is 15.1. The first-order valence-electron chi connectivity index (χ1n) is 5.85. The molecular weight excluding hydrogens is 186 g/mol. The Bertz CT molecular complexity index is 262. The van der Waals surface area contributed by atoms with E-state index in [2.05, 4.69) is 34.5 Å². The summed E-state index contributed by atoms with van der Waals surface area (Å²) in [6.45, 7) is 4.80. The molecule has 15 heavy (non-hydrogen) atoms. The summed E-state index contributed by atoms with van der Waals surface area (Å²) in [6, 6.07) is 2.16. The molecule has 0 spiro atoms. The van der Waals surface area contributed by atoms with Gasteiger partial charge in [0.2, 0.25) is 0 Å². The van der Waals surface area contributed by atoms with Crippen molar-refractivity contribution in [2.45, 2.75) is 12.8 Å². The summed E-state index contributed by atoms with van der Waals surface area (Å²) in [5, 5.41) is 3.42. The summed E-state index contributed by atoms with van der Waals surface area (Å²) in [4.78, 5) is 5.55. The van der Waals surface area contributed by atoms with Gasteiger partial charge in [-0.05, 0) is 50.5 Å². The molecule has 0 aliphatic carbocycles. The summed E-state index contributed by atoms with van der Waals surface area (Å²) >= 11 is 0. The average Bonchev–Trinajstić information content (AvgIpc) is 2.86. The Morgan fingerprint density at radius 2 is 2.47 bits per heavy atom. The molecule has 1 saturated heterocycles. The van der Waals surface area contributed by atoms with Gasteiger partial charge >= 0.3 is 0 Å². The van der Waals surface area contributed by atoms with E-state index in [0.29, 0.717) is 0 Å². The highest BCUT2D eigenvalue weighted by molar-refractivity contribution is 5.08. The largest absolute Gasteiger partial charge is 0.367 e. The van der Waals surface area contributed by atoms with Crippen LogP contribution < -0.4 is 5.32 Å². The third kappa shape index (κ3) is 3.36. The monoisotopic (exact) mass is 207 g/mol. The van der Waals surface area contributed by atoms with Gasteiger partial charge < -0.3 is 15.2 Å². The second kappa shape index (κ2) is 5.33. The van der Waals surface area contributed by atoms with Crippen LogP contribution >= 0.6 is 0 Å².